The number of carbonyl (C=O) groups excluding carboxylic acids is 3. The van der Waals surface area contributed by atoms with E-state index in [-0.39, 0.29) is 24.9 Å². The number of Topliss-reactive ketones (excluding diaryl/α,β-unsaturated/α-hetero) is 1. The van der Waals surface area contributed by atoms with Gasteiger partial charge in [0.2, 0.25) is 5.91 Å². The van der Waals surface area contributed by atoms with Crippen molar-refractivity contribution in [3.8, 4) is 0 Å². The van der Waals surface area contributed by atoms with Crippen LogP contribution in [0.1, 0.15) is 71.4 Å². The Kier molecular flexibility index (Phi) is 9.03. The number of rotatable bonds is 10. The smallest absolute Gasteiger partial charge is 0.407 e. The van der Waals surface area contributed by atoms with E-state index in [4.69, 9.17) is 14.3 Å². The standard InChI is InChI=1S/C22H35N3O6/c1-15(27)17-9-8-11-25(17)20(28)19(22(2,3)4)24-21(29)30-12-7-5-6-10-18-23-16(13-26)14-31-18/h14,17,19,26H,5-13H2,1-4H3,(H,24,29)/t17-,19+/m0/s1. The van der Waals surface area contributed by atoms with Gasteiger partial charge in [0, 0.05) is 13.0 Å². The van der Waals surface area contributed by atoms with E-state index in [1.54, 1.807) is 4.90 Å². The molecule has 0 unspecified atom stereocenters. The second-order valence-corrected chi connectivity index (χ2v) is 9.08. The minimum absolute atomic E-state index is 0.0292. The number of nitrogens with zero attached hydrogens (tertiary/aromatic N) is 2. The number of unbranched alkanes of at least 4 members (excludes halogenated alkanes) is 2. The van der Waals surface area contributed by atoms with E-state index in [0.29, 0.717) is 37.4 Å². The van der Waals surface area contributed by atoms with Gasteiger partial charge in [-0.15, -0.1) is 0 Å². The Labute approximate surface area is 183 Å². The zero-order chi connectivity index (χ0) is 23.0. The Morgan fingerprint density at radius 3 is 2.68 bits per heavy atom. The molecule has 1 aromatic rings. The van der Waals surface area contributed by atoms with Crippen molar-refractivity contribution in [1.29, 1.82) is 0 Å². The van der Waals surface area contributed by atoms with Gasteiger partial charge in [-0.2, -0.15) is 0 Å². The first kappa shape index (κ1) is 24.8. The van der Waals surface area contributed by atoms with Crippen LogP contribution in [0.5, 0.6) is 0 Å². The lowest BCUT2D eigenvalue weighted by atomic mass is 9.85. The number of carbonyl (C=O) groups is 3. The fourth-order valence-corrected chi connectivity index (χ4v) is 3.68. The third-order valence-electron chi connectivity index (χ3n) is 5.41. The second-order valence-electron chi connectivity index (χ2n) is 9.08. The summed E-state index contributed by atoms with van der Waals surface area (Å²) in [6, 6.07) is -1.18. The number of aliphatic hydroxyl groups excluding tert-OH is 1. The zero-order valence-electron chi connectivity index (χ0n) is 19.0. The number of nitrogens with one attached hydrogen (secondary N) is 1. The molecule has 2 N–H and O–H groups in total. The maximum Gasteiger partial charge on any atom is 0.407 e. The number of aromatic nitrogens is 1. The van der Waals surface area contributed by atoms with Crippen LogP contribution in [0, 0.1) is 5.41 Å². The second kappa shape index (κ2) is 11.3. The number of ketones is 1. The summed E-state index contributed by atoms with van der Waals surface area (Å²) >= 11 is 0. The van der Waals surface area contributed by atoms with Gasteiger partial charge < -0.3 is 24.5 Å². The van der Waals surface area contributed by atoms with Crippen molar-refractivity contribution in [2.45, 2.75) is 84.9 Å². The van der Waals surface area contributed by atoms with Crippen LogP contribution in [0.2, 0.25) is 0 Å². The number of hydrogen-bond acceptors (Lipinski definition) is 7. The highest BCUT2D eigenvalue weighted by atomic mass is 16.5. The zero-order valence-corrected chi connectivity index (χ0v) is 19.0. The van der Waals surface area contributed by atoms with Crippen molar-refractivity contribution in [2.75, 3.05) is 13.2 Å². The third-order valence-corrected chi connectivity index (χ3v) is 5.41. The Bertz CT molecular complexity index is 755. The van der Waals surface area contributed by atoms with E-state index >= 15 is 0 Å². The van der Waals surface area contributed by atoms with Crippen LogP contribution >= 0.6 is 0 Å². The lowest BCUT2D eigenvalue weighted by Crippen LogP contribution is -2.56. The average Bonchev–Trinajstić information content (AvgIpc) is 3.36. The third kappa shape index (κ3) is 7.34. The van der Waals surface area contributed by atoms with Gasteiger partial charge in [-0.05, 0) is 44.4 Å². The van der Waals surface area contributed by atoms with Crippen LogP contribution < -0.4 is 5.32 Å². The largest absolute Gasteiger partial charge is 0.450 e. The van der Waals surface area contributed by atoms with Gasteiger partial charge in [0.15, 0.2) is 11.7 Å². The SMILES string of the molecule is CC(=O)[C@@H]1CCCN1C(=O)[C@@H](NC(=O)OCCCCCc1nc(CO)co1)C(C)(C)C. The molecule has 2 rings (SSSR count). The normalized spacial score (nSPS) is 17.5. The summed E-state index contributed by atoms with van der Waals surface area (Å²) in [5, 5.41) is 11.7. The van der Waals surface area contributed by atoms with Gasteiger partial charge in [-0.25, -0.2) is 9.78 Å². The summed E-state index contributed by atoms with van der Waals surface area (Å²) in [6.07, 6.45) is 5.22. The van der Waals surface area contributed by atoms with Gasteiger partial charge in [0.25, 0.3) is 0 Å². The maximum atomic E-state index is 13.1. The van der Waals surface area contributed by atoms with Crippen LogP contribution in [-0.2, 0) is 27.4 Å². The molecular weight excluding hydrogens is 402 g/mol. The quantitative estimate of drug-likeness (QED) is 0.540. The van der Waals surface area contributed by atoms with E-state index in [1.807, 2.05) is 20.8 Å². The van der Waals surface area contributed by atoms with Crippen LogP contribution in [0.3, 0.4) is 0 Å². The average molecular weight is 438 g/mol. The lowest BCUT2D eigenvalue weighted by Gasteiger charge is -2.34. The lowest BCUT2D eigenvalue weighted by molar-refractivity contribution is -0.140. The van der Waals surface area contributed by atoms with Crippen LogP contribution in [0.15, 0.2) is 10.7 Å². The molecule has 9 nitrogen and oxygen atoms in total. The highest BCUT2D eigenvalue weighted by Gasteiger charge is 2.41. The van der Waals surface area contributed by atoms with Gasteiger partial charge in [0.1, 0.15) is 18.0 Å². The summed E-state index contributed by atoms with van der Waals surface area (Å²) in [5.41, 5.74) is -0.00902. The summed E-state index contributed by atoms with van der Waals surface area (Å²) in [4.78, 5) is 43.0. The van der Waals surface area contributed by atoms with Crippen molar-refractivity contribution in [2.24, 2.45) is 5.41 Å². The molecule has 1 aliphatic rings. The Morgan fingerprint density at radius 1 is 1.32 bits per heavy atom. The van der Waals surface area contributed by atoms with Gasteiger partial charge in [0.05, 0.1) is 19.3 Å². The molecule has 0 radical (unpaired) electrons. The number of aliphatic hydroxyl groups is 1. The Balaban J connectivity index is 1.76. The minimum atomic E-state index is -0.773. The molecule has 0 aromatic carbocycles. The Morgan fingerprint density at radius 2 is 2.06 bits per heavy atom. The molecular formula is C22H35N3O6. The van der Waals surface area contributed by atoms with Crippen molar-refractivity contribution in [3.63, 3.8) is 0 Å². The maximum absolute atomic E-state index is 13.1. The van der Waals surface area contributed by atoms with Gasteiger partial charge in [-0.1, -0.05) is 20.8 Å². The molecule has 0 saturated carbocycles. The molecule has 9 heteroatoms. The summed E-state index contributed by atoms with van der Waals surface area (Å²) in [6.45, 7) is 7.74. The summed E-state index contributed by atoms with van der Waals surface area (Å²) in [7, 11) is 0. The molecule has 1 saturated heterocycles. The number of oxazole rings is 1. The van der Waals surface area contributed by atoms with Crippen LogP contribution in [0.4, 0.5) is 4.79 Å². The fourth-order valence-electron chi connectivity index (χ4n) is 3.68. The van der Waals surface area contributed by atoms with E-state index in [1.165, 1.54) is 13.2 Å². The molecule has 31 heavy (non-hydrogen) atoms. The molecule has 2 amide bonds. The molecule has 0 spiro atoms. The number of likely N-dealkylation sites (tertiary alicyclic amines) is 1. The number of alkyl carbamates (subject to hydrolysis) is 1. The number of ether oxygens (including phenoxy) is 1. The van der Waals surface area contributed by atoms with Gasteiger partial charge in [-0.3, -0.25) is 9.59 Å². The van der Waals surface area contributed by atoms with Crippen molar-refractivity contribution in [3.05, 3.63) is 17.8 Å². The monoisotopic (exact) mass is 437 g/mol. The molecule has 2 atom stereocenters. The number of amides is 2. The van der Waals surface area contributed by atoms with E-state index < -0.39 is 23.6 Å². The highest BCUT2D eigenvalue weighted by Crippen LogP contribution is 2.26. The van der Waals surface area contributed by atoms with Crippen LogP contribution in [0.25, 0.3) is 0 Å². The molecule has 1 aromatic heterocycles. The van der Waals surface area contributed by atoms with Crippen LogP contribution in [-0.4, -0.2) is 58.0 Å². The molecule has 0 bridgehead atoms. The van der Waals surface area contributed by atoms with E-state index in [2.05, 4.69) is 10.3 Å². The molecule has 1 aliphatic heterocycles. The molecule has 1 fully saturated rings. The molecule has 2 heterocycles. The highest BCUT2D eigenvalue weighted by molar-refractivity contribution is 5.92. The van der Waals surface area contributed by atoms with Crippen molar-refractivity contribution < 1.29 is 28.6 Å². The first-order valence-corrected chi connectivity index (χ1v) is 10.9. The predicted octanol–water partition coefficient (Wildman–Crippen LogP) is 2.60. The summed E-state index contributed by atoms with van der Waals surface area (Å²) < 4.78 is 10.5. The Hall–Kier alpha value is -2.42. The summed E-state index contributed by atoms with van der Waals surface area (Å²) in [5.74, 6) is 0.314. The topological polar surface area (TPSA) is 122 Å². The van der Waals surface area contributed by atoms with Crippen molar-refractivity contribution >= 4 is 17.8 Å². The van der Waals surface area contributed by atoms with E-state index in [9.17, 15) is 14.4 Å². The molecule has 174 valence electrons. The fraction of sp³-hybridized carbons (Fsp3) is 0.727. The predicted molar refractivity (Wildman–Crippen MR) is 113 cm³/mol. The number of hydrogen-bond donors (Lipinski definition) is 2. The molecule has 0 aliphatic carbocycles. The van der Waals surface area contributed by atoms with E-state index in [0.717, 1.165) is 19.3 Å². The first-order chi connectivity index (χ1) is 14.6. The van der Waals surface area contributed by atoms with Gasteiger partial charge >= 0.3 is 6.09 Å². The van der Waals surface area contributed by atoms with Crippen molar-refractivity contribution in [1.82, 2.24) is 15.2 Å². The first-order valence-electron chi connectivity index (χ1n) is 10.9. The minimum Gasteiger partial charge on any atom is -0.450 e. The number of aryl methyl sites for hydroxylation is 1.